The summed E-state index contributed by atoms with van der Waals surface area (Å²) in [5.74, 6) is -2.43. The number of nitrogens with zero attached hydrogens (tertiary/aromatic N) is 3. The molecule has 0 bridgehead atoms. The number of aromatic nitrogens is 3. The van der Waals surface area contributed by atoms with Gasteiger partial charge in [0.25, 0.3) is 0 Å². The molecule has 1 N–H and O–H groups in total. The molecule has 0 aromatic carbocycles. The van der Waals surface area contributed by atoms with E-state index in [1.54, 1.807) is 74.4 Å². The molecule has 13 nitrogen and oxygen atoms in total. The molecule has 13 heteroatoms. The van der Waals surface area contributed by atoms with E-state index in [1.807, 2.05) is 0 Å². The average molecular weight is 575 g/mol. The van der Waals surface area contributed by atoms with Crippen LogP contribution in [0.3, 0.4) is 0 Å². The predicted octanol–water partition coefficient (Wildman–Crippen LogP) is 3.39. The summed E-state index contributed by atoms with van der Waals surface area (Å²) in [4.78, 5) is 55.1. The van der Waals surface area contributed by atoms with Gasteiger partial charge in [-0.1, -0.05) is 41.5 Å². The minimum absolute atomic E-state index is 0.227. The van der Waals surface area contributed by atoms with Crippen molar-refractivity contribution in [2.24, 2.45) is 17.8 Å². The third kappa shape index (κ3) is 5.34. The van der Waals surface area contributed by atoms with Gasteiger partial charge < -0.3 is 29.0 Å². The van der Waals surface area contributed by atoms with Crippen LogP contribution < -0.4 is 5.32 Å². The molecular formula is C28H38N4O9. The van der Waals surface area contributed by atoms with Crippen LogP contribution in [0.4, 0.5) is 10.6 Å². The van der Waals surface area contributed by atoms with Crippen LogP contribution in [0.25, 0.3) is 5.52 Å². The maximum atomic E-state index is 13.0. The van der Waals surface area contributed by atoms with Gasteiger partial charge in [-0.15, -0.1) is 0 Å². The second-order valence-electron chi connectivity index (χ2n) is 11.8. The topological polar surface area (TPSA) is 157 Å². The average Bonchev–Trinajstić information content (AvgIpc) is 3.16. The fourth-order valence-electron chi connectivity index (χ4n) is 4.79. The van der Waals surface area contributed by atoms with Crippen LogP contribution in [0.1, 0.15) is 68.0 Å². The van der Waals surface area contributed by atoms with E-state index in [0.29, 0.717) is 11.2 Å². The Morgan fingerprint density at radius 3 is 2.20 bits per heavy atom. The van der Waals surface area contributed by atoms with Gasteiger partial charge in [0.15, 0.2) is 18.0 Å². The highest BCUT2D eigenvalue weighted by Crippen LogP contribution is 2.63. The van der Waals surface area contributed by atoms with Crippen molar-refractivity contribution >= 4 is 35.3 Å². The maximum Gasteiger partial charge on any atom is 0.509 e. The van der Waals surface area contributed by atoms with E-state index >= 15 is 0 Å². The fraction of sp³-hybridized carbons (Fsp3) is 0.643. The molecule has 2 aromatic heterocycles. The van der Waals surface area contributed by atoms with Crippen molar-refractivity contribution in [3.63, 3.8) is 0 Å². The molecule has 224 valence electrons. The molecule has 1 unspecified atom stereocenters. The number of esters is 2. The Bertz CT molecular complexity index is 1350. The van der Waals surface area contributed by atoms with E-state index < -0.39 is 65.5 Å². The van der Waals surface area contributed by atoms with E-state index in [1.165, 1.54) is 10.8 Å². The van der Waals surface area contributed by atoms with Crippen LogP contribution in [0, 0.1) is 17.8 Å². The third-order valence-electron chi connectivity index (χ3n) is 7.07. The number of carbonyl (C=O) groups is 4. The predicted molar refractivity (Wildman–Crippen MR) is 144 cm³/mol. The van der Waals surface area contributed by atoms with Crippen molar-refractivity contribution < 1.29 is 42.9 Å². The van der Waals surface area contributed by atoms with Gasteiger partial charge in [-0.2, -0.15) is 5.10 Å². The van der Waals surface area contributed by atoms with E-state index in [4.69, 9.17) is 23.7 Å². The first kappa shape index (κ1) is 30.2. The number of hydrogen-bond acceptors (Lipinski definition) is 11. The molecule has 1 saturated carbocycles. The van der Waals surface area contributed by atoms with Gasteiger partial charge in [-0.05, 0) is 32.9 Å². The summed E-state index contributed by atoms with van der Waals surface area (Å²) in [6.07, 6.45) is -3.43. The first-order chi connectivity index (χ1) is 19.1. The number of fused-ring (bicyclic) bond motifs is 2. The lowest BCUT2D eigenvalue weighted by molar-refractivity contribution is -0.194. The van der Waals surface area contributed by atoms with Crippen molar-refractivity contribution in [1.82, 2.24) is 14.6 Å². The Balaban J connectivity index is 1.80. The van der Waals surface area contributed by atoms with Crippen LogP contribution in [0.15, 0.2) is 18.5 Å². The lowest BCUT2D eigenvalue weighted by Gasteiger charge is -2.36. The zero-order valence-electron chi connectivity index (χ0n) is 24.8. The minimum Gasteiger partial charge on any atom is -0.454 e. The number of ether oxygens (including phenoxy) is 5. The van der Waals surface area contributed by atoms with Crippen molar-refractivity contribution in [3.05, 3.63) is 24.2 Å². The molecule has 3 heterocycles. The molecule has 5 atom stereocenters. The Morgan fingerprint density at radius 1 is 0.951 bits per heavy atom. The summed E-state index contributed by atoms with van der Waals surface area (Å²) in [6.45, 7) is 15.2. The van der Waals surface area contributed by atoms with Gasteiger partial charge in [0.05, 0.1) is 23.6 Å². The summed E-state index contributed by atoms with van der Waals surface area (Å²) in [7, 11) is 0. The molecule has 1 aliphatic heterocycles. The lowest BCUT2D eigenvalue weighted by atomic mass is 9.90. The number of anilines is 1. The smallest absolute Gasteiger partial charge is 0.454 e. The first-order valence-corrected chi connectivity index (χ1v) is 13.8. The number of carbonyl (C=O) groups excluding carboxylic acids is 4. The molecule has 1 aliphatic carbocycles. The first-order valence-electron chi connectivity index (χ1n) is 13.8. The highest BCUT2D eigenvalue weighted by atomic mass is 16.8. The zero-order chi connectivity index (χ0) is 30.4. The summed E-state index contributed by atoms with van der Waals surface area (Å²) in [5.41, 5.74) is -2.15. The molecule has 0 radical (unpaired) electrons. The van der Waals surface area contributed by atoms with E-state index in [-0.39, 0.29) is 17.6 Å². The normalized spacial score (nSPS) is 26.8. The van der Waals surface area contributed by atoms with Crippen LogP contribution in [0.5, 0.6) is 0 Å². The van der Waals surface area contributed by atoms with Crippen LogP contribution in [-0.4, -0.2) is 68.6 Å². The molecule has 4 rings (SSSR count). The summed E-state index contributed by atoms with van der Waals surface area (Å²) in [5, 5.41) is 7.15. The van der Waals surface area contributed by atoms with E-state index in [2.05, 4.69) is 15.4 Å². The Labute approximate surface area is 238 Å². The van der Waals surface area contributed by atoms with Crippen LogP contribution >= 0.6 is 0 Å². The molecule has 41 heavy (non-hydrogen) atoms. The molecule has 1 saturated heterocycles. The van der Waals surface area contributed by atoms with Gasteiger partial charge in [-0.3, -0.25) is 14.4 Å². The van der Waals surface area contributed by atoms with Gasteiger partial charge in [0, 0.05) is 5.92 Å². The lowest BCUT2D eigenvalue weighted by Crippen LogP contribution is -2.51. The molecular weight excluding hydrogens is 536 g/mol. The second-order valence-corrected chi connectivity index (χ2v) is 11.8. The minimum atomic E-state index is -1.64. The van der Waals surface area contributed by atoms with Crippen molar-refractivity contribution in [3.8, 4) is 0 Å². The molecule has 2 aromatic rings. The van der Waals surface area contributed by atoms with Crippen LogP contribution in [-0.2, 0) is 43.7 Å². The van der Waals surface area contributed by atoms with E-state index in [0.717, 1.165) is 0 Å². The SMILES string of the molecule is CC(C)OC(=O)OC1[C@H]2O[C@@](C)(c3ccc4c(NC(=O)C(C)C)ncnn34)[C@H](OC(=O)C(C)C)[C@@]12OC(=O)C(C)C. The van der Waals surface area contributed by atoms with Gasteiger partial charge in [0.2, 0.25) is 11.5 Å². The van der Waals surface area contributed by atoms with Crippen molar-refractivity contribution in [1.29, 1.82) is 0 Å². The highest BCUT2D eigenvalue weighted by molar-refractivity contribution is 5.94. The second kappa shape index (κ2) is 10.9. The zero-order valence-corrected chi connectivity index (χ0v) is 24.8. The molecule has 1 amide bonds. The van der Waals surface area contributed by atoms with Gasteiger partial charge in [0.1, 0.15) is 23.5 Å². The third-order valence-corrected chi connectivity index (χ3v) is 7.07. The quantitative estimate of drug-likeness (QED) is 0.346. The Hall–Kier alpha value is -3.74. The van der Waals surface area contributed by atoms with Crippen LogP contribution in [0.2, 0.25) is 0 Å². The number of rotatable bonds is 9. The molecule has 2 fully saturated rings. The van der Waals surface area contributed by atoms with E-state index in [9.17, 15) is 19.2 Å². The fourth-order valence-corrected chi connectivity index (χ4v) is 4.79. The Kier molecular flexibility index (Phi) is 8.05. The highest BCUT2D eigenvalue weighted by Gasteiger charge is 2.87. The molecule has 0 spiro atoms. The van der Waals surface area contributed by atoms with Gasteiger partial charge in [-0.25, -0.2) is 14.3 Å². The van der Waals surface area contributed by atoms with Crippen molar-refractivity contribution in [2.45, 2.75) is 97.9 Å². The largest absolute Gasteiger partial charge is 0.509 e. The molecule has 2 aliphatic rings. The maximum absolute atomic E-state index is 13.0. The monoisotopic (exact) mass is 574 g/mol. The summed E-state index contributed by atoms with van der Waals surface area (Å²) < 4.78 is 30.7. The summed E-state index contributed by atoms with van der Waals surface area (Å²) in [6, 6.07) is 3.41. The number of hydrogen-bond donors (Lipinski definition) is 1. The Morgan fingerprint density at radius 2 is 1.61 bits per heavy atom. The summed E-state index contributed by atoms with van der Waals surface area (Å²) >= 11 is 0. The number of amides is 1. The van der Waals surface area contributed by atoms with Crippen molar-refractivity contribution in [2.75, 3.05) is 5.32 Å². The number of nitrogens with one attached hydrogen (secondary N) is 1. The standard InChI is InChI=1S/C28H38N4O9/c1-13(2)22(33)31-21-17-10-11-18(32(17)30-12-29-21)27(9)25(39-23(34)14(3)4)28(41-24(35)15(5)6)19(20(28)40-27)38-26(36)37-16(7)8/h10-16,19-20,25H,1-9H3,(H,29,30,31,33)/t19?,20-,25+,27+,28-/m1/s1. The van der Waals surface area contributed by atoms with Gasteiger partial charge >= 0.3 is 18.1 Å².